The molecule has 1 amide bonds. The van der Waals surface area contributed by atoms with Crippen molar-refractivity contribution in [1.82, 2.24) is 4.31 Å². The van der Waals surface area contributed by atoms with Crippen molar-refractivity contribution in [3.05, 3.63) is 24.3 Å². The number of aliphatic carboxylic acids is 1. The summed E-state index contributed by atoms with van der Waals surface area (Å²) in [6.45, 7) is 1.27. The van der Waals surface area contributed by atoms with Gasteiger partial charge in [0.2, 0.25) is 15.9 Å². The van der Waals surface area contributed by atoms with Gasteiger partial charge in [0.15, 0.2) is 0 Å². The van der Waals surface area contributed by atoms with Crippen LogP contribution in [0.4, 0.5) is 5.69 Å². The highest BCUT2D eigenvalue weighted by Gasteiger charge is 2.21. The van der Waals surface area contributed by atoms with E-state index in [0.29, 0.717) is 5.69 Å². The van der Waals surface area contributed by atoms with Crippen molar-refractivity contribution >= 4 is 27.6 Å². The van der Waals surface area contributed by atoms with Gasteiger partial charge in [-0.05, 0) is 31.2 Å². The van der Waals surface area contributed by atoms with Crippen LogP contribution < -0.4 is 5.32 Å². The predicted molar refractivity (Wildman–Crippen MR) is 72.7 cm³/mol. The Hall–Kier alpha value is -1.93. The third kappa shape index (κ3) is 3.55. The summed E-state index contributed by atoms with van der Waals surface area (Å²) in [5, 5.41) is 11.1. The standard InChI is InChI=1S/C12H16N2O5S/c1-8(12(16)17)11(15)13-9-4-6-10(7-5-9)20(18,19)14(2)3/h4-8H,1-3H3,(H,13,15)(H,16,17). The monoisotopic (exact) mass is 300 g/mol. The maximum Gasteiger partial charge on any atom is 0.315 e. The van der Waals surface area contributed by atoms with Crippen molar-refractivity contribution in [2.45, 2.75) is 11.8 Å². The number of amides is 1. The Bertz CT molecular complexity index is 607. The van der Waals surface area contributed by atoms with Crippen LogP contribution in [-0.4, -0.2) is 43.8 Å². The number of benzene rings is 1. The van der Waals surface area contributed by atoms with Crippen LogP contribution in [0.2, 0.25) is 0 Å². The van der Waals surface area contributed by atoms with Crippen molar-refractivity contribution in [2.75, 3.05) is 19.4 Å². The van der Waals surface area contributed by atoms with Crippen LogP contribution in [0.1, 0.15) is 6.92 Å². The maximum atomic E-state index is 11.8. The fourth-order valence-electron chi connectivity index (χ4n) is 1.28. The maximum absolute atomic E-state index is 11.8. The lowest BCUT2D eigenvalue weighted by atomic mass is 10.1. The molecule has 0 aromatic heterocycles. The topological polar surface area (TPSA) is 104 Å². The number of anilines is 1. The second kappa shape index (κ2) is 6.02. The Morgan fingerprint density at radius 3 is 2.10 bits per heavy atom. The molecule has 0 saturated carbocycles. The van der Waals surface area contributed by atoms with Gasteiger partial charge in [-0.2, -0.15) is 0 Å². The van der Waals surface area contributed by atoms with E-state index in [2.05, 4.69) is 5.32 Å². The van der Waals surface area contributed by atoms with Crippen molar-refractivity contribution in [1.29, 1.82) is 0 Å². The number of carbonyl (C=O) groups excluding carboxylic acids is 1. The summed E-state index contributed by atoms with van der Waals surface area (Å²) in [4.78, 5) is 22.3. The average Bonchev–Trinajstić information content (AvgIpc) is 2.38. The zero-order valence-corrected chi connectivity index (χ0v) is 12.1. The Balaban J connectivity index is 2.88. The van der Waals surface area contributed by atoms with E-state index in [-0.39, 0.29) is 4.90 Å². The lowest BCUT2D eigenvalue weighted by molar-refractivity contribution is -0.144. The van der Waals surface area contributed by atoms with Crippen molar-refractivity contribution < 1.29 is 23.1 Å². The van der Waals surface area contributed by atoms with E-state index in [4.69, 9.17) is 5.11 Å². The van der Waals surface area contributed by atoms with E-state index < -0.39 is 27.8 Å². The first-order chi connectivity index (χ1) is 9.16. The van der Waals surface area contributed by atoms with Crippen LogP contribution in [0.5, 0.6) is 0 Å². The molecule has 0 aliphatic carbocycles. The van der Waals surface area contributed by atoms with Crippen LogP contribution in [0.3, 0.4) is 0 Å². The lowest BCUT2D eigenvalue weighted by Crippen LogP contribution is -2.27. The summed E-state index contributed by atoms with van der Waals surface area (Å²) < 4.78 is 24.7. The van der Waals surface area contributed by atoms with E-state index >= 15 is 0 Å². The van der Waals surface area contributed by atoms with Gasteiger partial charge in [-0.1, -0.05) is 0 Å². The number of hydrogen-bond donors (Lipinski definition) is 2. The molecule has 0 saturated heterocycles. The highest BCUT2D eigenvalue weighted by atomic mass is 32.2. The van der Waals surface area contributed by atoms with Gasteiger partial charge in [-0.15, -0.1) is 0 Å². The van der Waals surface area contributed by atoms with E-state index in [1.807, 2.05) is 0 Å². The molecule has 0 heterocycles. The summed E-state index contributed by atoms with van der Waals surface area (Å²) in [5.41, 5.74) is 0.334. The van der Waals surface area contributed by atoms with E-state index in [0.717, 1.165) is 4.31 Å². The van der Waals surface area contributed by atoms with E-state index in [1.54, 1.807) is 0 Å². The second-order valence-electron chi connectivity index (χ2n) is 4.36. The zero-order valence-electron chi connectivity index (χ0n) is 11.3. The minimum atomic E-state index is -3.53. The number of nitrogens with one attached hydrogen (secondary N) is 1. The Kier molecular flexibility index (Phi) is 4.85. The second-order valence-corrected chi connectivity index (χ2v) is 6.51. The zero-order chi connectivity index (χ0) is 15.5. The molecular formula is C12H16N2O5S. The molecular weight excluding hydrogens is 284 g/mol. The fraction of sp³-hybridized carbons (Fsp3) is 0.333. The number of hydrogen-bond acceptors (Lipinski definition) is 4. The molecule has 1 aromatic rings. The molecule has 7 nitrogen and oxygen atoms in total. The molecule has 0 aliphatic heterocycles. The van der Waals surface area contributed by atoms with E-state index in [1.165, 1.54) is 45.3 Å². The minimum absolute atomic E-state index is 0.0896. The number of carboxylic acids is 1. The molecule has 0 bridgehead atoms. The van der Waals surface area contributed by atoms with Gasteiger partial charge < -0.3 is 10.4 Å². The first-order valence-electron chi connectivity index (χ1n) is 5.72. The van der Waals surface area contributed by atoms with Crippen molar-refractivity contribution in [2.24, 2.45) is 5.92 Å². The Morgan fingerprint density at radius 1 is 1.20 bits per heavy atom. The summed E-state index contributed by atoms with van der Waals surface area (Å²) in [6, 6.07) is 5.50. The van der Waals surface area contributed by atoms with Crippen molar-refractivity contribution in [3.63, 3.8) is 0 Å². The molecule has 20 heavy (non-hydrogen) atoms. The molecule has 0 aliphatic rings. The number of rotatable bonds is 5. The first-order valence-corrected chi connectivity index (χ1v) is 7.16. The Morgan fingerprint density at radius 2 is 1.70 bits per heavy atom. The minimum Gasteiger partial charge on any atom is -0.481 e. The van der Waals surface area contributed by atoms with E-state index in [9.17, 15) is 18.0 Å². The van der Waals surface area contributed by atoms with Crippen LogP contribution in [-0.2, 0) is 19.6 Å². The molecule has 0 fully saturated rings. The summed E-state index contributed by atoms with van der Waals surface area (Å²) in [7, 11) is -0.693. The van der Waals surface area contributed by atoms with Gasteiger partial charge in [0.05, 0.1) is 4.90 Å². The number of nitrogens with zero attached hydrogens (tertiary/aromatic N) is 1. The van der Waals surface area contributed by atoms with Crippen LogP contribution in [0.15, 0.2) is 29.2 Å². The van der Waals surface area contributed by atoms with Crippen LogP contribution in [0, 0.1) is 5.92 Å². The molecule has 2 N–H and O–H groups in total. The highest BCUT2D eigenvalue weighted by molar-refractivity contribution is 7.89. The van der Waals surface area contributed by atoms with Gasteiger partial charge in [-0.3, -0.25) is 9.59 Å². The van der Waals surface area contributed by atoms with Gasteiger partial charge >= 0.3 is 5.97 Å². The molecule has 1 unspecified atom stereocenters. The summed E-state index contributed by atoms with van der Waals surface area (Å²) in [5.74, 6) is -3.07. The summed E-state index contributed by atoms with van der Waals surface area (Å²) in [6.07, 6.45) is 0. The third-order valence-corrected chi connectivity index (χ3v) is 4.49. The molecule has 1 rings (SSSR count). The molecule has 110 valence electrons. The molecule has 1 atom stereocenters. The SMILES string of the molecule is CC(C(=O)O)C(=O)Nc1ccc(S(=O)(=O)N(C)C)cc1. The molecule has 0 spiro atoms. The van der Waals surface area contributed by atoms with Crippen molar-refractivity contribution in [3.8, 4) is 0 Å². The average molecular weight is 300 g/mol. The quantitative estimate of drug-likeness (QED) is 0.775. The van der Waals surface area contributed by atoms with Crippen LogP contribution in [0.25, 0.3) is 0 Å². The molecule has 1 aromatic carbocycles. The Labute approximate surface area is 117 Å². The van der Waals surface area contributed by atoms with Gasteiger partial charge in [0, 0.05) is 19.8 Å². The highest BCUT2D eigenvalue weighted by Crippen LogP contribution is 2.17. The largest absolute Gasteiger partial charge is 0.481 e. The molecule has 0 radical (unpaired) electrons. The normalized spacial score (nSPS) is 13.0. The van der Waals surface area contributed by atoms with Gasteiger partial charge in [0.1, 0.15) is 5.92 Å². The number of carbonyl (C=O) groups is 2. The van der Waals surface area contributed by atoms with Gasteiger partial charge in [0.25, 0.3) is 0 Å². The smallest absolute Gasteiger partial charge is 0.315 e. The number of carboxylic acid groups (broad SMARTS) is 1. The third-order valence-electron chi connectivity index (χ3n) is 2.66. The number of sulfonamides is 1. The predicted octanol–water partition coefficient (Wildman–Crippen LogP) is 0.596. The van der Waals surface area contributed by atoms with Gasteiger partial charge in [-0.25, -0.2) is 12.7 Å². The summed E-state index contributed by atoms with van der Waals surface area (Å²) >= 11 is 0. The first kappa shape index (κ1) is 16.1. The molecule has 8 heteroatoms. The van der Waals surface area contributed by atoms with Crippen LogP contribution >= 0.6 is 0 Å². The fourth-order valence-corrected chi connectivity index (χ4v) is 2.19. The lowest BCUT2D eigenvalue weighted by Gasteiger charge is -2.12.